The summed E-state index contributed by atoms with van der Waals surface area (Å²) in [5.41, 5.74) is 8.18. The molecule has 2 N–H and O–H groups in total. The van der Waals surface area contributed by atoms with E-state index in [9.17, 15) is 4.39 Å². The van der Waals surface area contributed by atoms with E-state index in [0.29, 0.717) is 18.8 Å². The Bertz CT molecular complexity index is 572. The molecule has 0 unspecified atom stereocenters. The minimum absolute atomic E-state index is 0.236. The zero-order valence-electron chi connectivity index (χ0n) is 10.7. The van der Waals surface area contributed by atoms with Crippen LogP contribution in [-0.2, 0) is 13.1 Å². The highest BCUT2D eigenvalue weighted by Crippen LogP contribution is 2.25. The van der Waals surface area contributed by atoms with Crippen molar-refractivity contribution >= 4 is 21.6 Å². The molecule has 0 aliphatic carbocycles. The van der Waals surface area contributed by atoms with Crippen molar-refractivity contribution in [3.05, 3.63) is 63.9 Å². The molecule has 0 heterocycles. The summed E-state index contributed by atoms with van der Waals surface area (Å²) < 4.78 is 15.0. The van der Waals surface area contributed by atoms with Gasteiger partial charge >= 0.3 is 0 Å². The van der Waals surface area contributed by atoms with Crippen LogP contribution in [0.1, 0.15) is 11.1 Å². The van der Waals surface area contributed by atoms with Crippen LogP contribution in [0, 0.1) is 5.82 Å². The lowest BCUT2D eigenvalue weighted by Gasteiger charge is -2.23. The fourth-order valence-corrected chi connectivity index (χ4v) is 2.59. The van der Waals surface area contributed by atoms with Crippen molar-refractivity contribution in [2.24, 2.45) is 5.73 Å². The van der Waals surface area contributed by atoms with Crippen LogP contribution in [0.5, 0.6) is 0 Å². The summed E-state index contributed by atoms with van der Waals surface area (Å²) in [6.07, 6.45) is 0. The Kier molecular flexibility index (Phi) is 4.56. The Morgan fingerprint density at radius 3 is 2.63 bits per heavy atom. The molecule has 100 valence electrons. The van der Waals surface area contributed by atoms with Crippen LogP contribution in [0.25, 0.3) is 0 Å². The minimum Gasteiger partial charge on any atom is -0.368 e. The second-order valence-corrected chi connectivity index (χ2v) is 5.35. The molecule has 0 amide bonds. The third-order valence-electron chi connectivity index (χ3n) is 2.98. The maximum absolute atomic E-state index is 14.0. The number of hydrogen-bond acceptors (Lipinski definition) is 2. The first kappa shape index (κ1) is 14.0. The van der Waals surface area contributed by atoms with E-state index >= 15 is 0 Å². The van der Waals surface area contributed by atoms with Crippen LogP contribution >= 0.6 is 15.9 Å². The summed E-state index contributed by atoms with van der Waals surface area (Å²) >= 11 is 3.44. The van der Waals surface area contributed by atoms with Gasteiger partial charge in [-0.25, -0.2) is 4.39 Å². The van der Waals surface area contributed by atoms with Crippen LogP contribution in [0.15, 0.2) is 46.9 Å². The van der Waals surface area contributed by atoms with Gasteiger partial charge < -0.3 is 10.6 Å². The number of hydrogen-bond donors (Lipinski definition) is 1. The van der Waals surface area contributed by atoms with Gasteiger partial charge in [0.25, 0.3) is 0 Å². The molecule has 0 fully saturated rings. The Morgan fingerprint density at radius 2 is 1.95 bits per heavy atom. The molecular formula is C15H16BrFN2. The molecule has 19 heavy (non-hydrogen) atoms. The lowest BCUT2D eigenvalue weighted by Crippen LogP contribution is -2.20. The monoisotopic (exact) mass is 322 g/mol. The first-order valence-electron chi connectivity index (χ1n) is 6.05. The second-order valence-electron chi connectivity index (χ2n) is 4.44. The second kappa shape index (κ2) is 6.17. The third-order valence-corrected chi connectivity index (χ3v) is 3.47. The van der Waals surface area contributed by atoms with Gasteiger partial charge in [-0.1, -0.05) is 40.2 Å². The van der Waals surface area contributed by atoms with Crippen molar-refractivity contribution in [1.82, 2.24) is 0 Å². The molecule has 0 spiro atoms. The Labute approximate surface area is 121 Å². The lowest BCUT2D eigenvalue weighted by atomic mass is 10.1. The molecule has 0 atom stereocenters. The van der Waals surface area contributed by atoms with E-state index in [-0.39, 0.29) is 5.82 Å². The number of benzene rings is 2. The van der Waals surface area contributed by atoms with E-state index in [0.717, 1.165) is 15.6 Å². The average Bonchev–Trinajstić information content (AvgIpc) is 2.38. The molecule has 0 aliphatic rings. The molecule has 0 saturated carbocycles. The highest BCUT2D eigenvalue weighted by Gasteiger charge is 2.12. The third kappa shape index (κ3) is 3.33. The van der Waals surface area contributed by atoms with Crippen molar-refractivity contribution in [2.75, 3.05) is 11.9 Å². The zero-order chi connectivity index (χ0) is 13.8. The van der Waals surface area contributed by atoms with Gasteiger partial charge in [0.2, 0.25) is 0 Å². The molecular weight excluding hydrogens is 307 g/mol. The van der Waals surface area contributed by atoms with Crippen LogP contribution in [0.2, 0.25) is 0 Å². The summed E-state index contributed by atoms with van der Waals surface area (Å²) in [6.45, 7) is 0.962. The number of rotatable bonds is 4. The smallest absolute Gasteiger partial charge is 0.146 e. The number of para-hydroxylation sites is 1. The topological polar surface area (TPSA) is 29.3 Å². The van der Waals surface area contributed by atoms with Crippen LogP contribution in [0.4, 0.5) is 10.1 Å². The number of nitrogens with two attached hydrogens (primary N) is 1. The van der Waals surface area contributed by atoms with Gasteiger partial charge in [0.1, 0.15) is 5.82 Å². The van der Waals surface area contributed by atoms with Gasteiger partial charge in [-0.15, -0.1) is 0 Å². The molecule has 0 saturated heterocycles. The maximum atomic E-state index is 14.0. The zero-order valence-corrected chi connectivity index (χ0v) is 12.3. The summed E-state index contributed by atoms with van der Waals surface area (Å²) in [6, 6.07) is 13.0. The fraction of sp³-hybridized carbons (Fsp3) is 0.200. The van der Waals surface area contributed by atoms with Gasteiger partial charge in [0, 0.05) is 24.6 Å². The predicted octanol–water partition coefficient (Wildman–Crippen LogP) is 3.68. The van der Waals surface area contributed by atoms with Gasteiger partial charge in [0.05, 0.1) is 5.69 Å². The summed E-state index contributed by atoms with van der Waals surface area (Å²) in [7, 11) is 1.87. The molecule has 0 radical (unpaired) electrons. The first-order chi connectivity index (χ1) is 9.11. The molecule has 2 aromatic rings. The molecule has 0 bridgehead atoms. The predicted molar refractivity (Wildman–Crippen MR) is 80.5 cm³/mol. The number of nitrogens with zero attached hydrogens (tertiary/aromatic N) is 1. The van der Waals surface area contributed by atoms with Crippen molar-refractivity contribution in [3.8, 4) is 0 Å². The molecule has 2 rings (SSSR count). The van der Waals surface area contributed by atoms with Gasteiger partial charge in [-0.05, 0) is 29.3 Å². The normalized spacial score (nSPS) is 10.5. The van der Waals surface area contributed by atoms with Crippen molar-refractivity contribution in [2.45, 2.75) is 13.1 Å². The van der Waals surface area contributed by atoms with Crippen LogP contribution in [-0.4, -0.2) is 7.05 Å². The highest BCUT2D eigenvalue weighted by molar-refractivity contribution is 9.10. The first-order valence-corrected chi connectivity index (χ1v) is 6.84. The van der Waals surface area contributed by atoms with E-state index in [2.05, 4.69) is 15.9 Å². The van der Waals surface area contributed by atoms with Crippen LogP contribution < -0.4 is 10.6 Å². The molecule has 2 nitrogen and oxygen atoms in total. The highest BCUT2D eigenvalue weighted by atomic mass is 79.9. The SMILES string of the molecule is CN(Cc1cccc(Br)c1)c1c(F)cccc1CN. The molecule has 0 aromatic heterocycles. The minimum atomic E-state index is -0.236. The van der Waals surface area contributed by atoms with Gasteiger partial charge in [0.15, 0.2) is 0 Å². The van der Waals surface area contributed by atoms with E-state index < -0.39 is 0 Å². The van der Waals surface area contributed by atoms with Crippen molar-refractivity contribution in [1.29, 1.82) is 0 Å². The van der Waals surface area contributed by atoms with E-state index in [1.807, 2.05) is 42.3 Å². The summed E-state index contributed by atoms with van der Waals surface area (Å²) in [5, 5.41) is 0. The number of halogens is 2. The van der Waals surface area contributed by atoms with Gasteiger partial charge in [-0.2, -0.15) is 0 Å². The van der Waals surface area contributed by atoms with Crippen LogP contribution in [0.3, 0.4) is 0 Å². The Morgan fingerprint density at radius 1 is 1.21 bits per heavy atom. The fourth-order valence-electron chi connectivity index (χ4n) is 2.14. The quantitative estimate of drug-likeness (QED) is 0.930. The Hall–Kier alpha value is -1.39. The Balaban J connectivity index is 2.27. The van der Waals surface area contributed by atoms with Crippen molar-refractivity contribution < 1.29 is 4.39 Å². The van der Waals surface area contributed by atoms with Gasteiger partial charge in [-0.3, -0.25) is 0 Å². The van der Waals surface area contributed by atoms with E-state index in [1.54, 1.807) is 6.07 Å². The lowest BCUT2D eigenvalue weighted by molar-refractivity contribution is 0.619. The number of anilines is 1. The van der Waals surface area contributed by atoms with Crippen molar-refractivity contribution in [3.63, 3.8) is 0 Å². The summed E-state index contributed by atoms with van der Waals surface area (Å²) in [4.78, 5) is 1.89. The standard InChI is InChI=1S/C15H16BrFN2/c1-19(10-11-4-2-6-13(16)8-11)15-12(9-18)5-3-7-14(15)17/h2-8H,9-10,18H2,1H3. The average molecular weight is 323 g/mol. The molecule has 2 aromatic carbocycles. The van der Waals surface area contributed by atoms with E-state index in [4.69, 9.17) is 5.73 Å². The largest absolute Gasteiger partial charge is 0.368 e. The molecule has 4 heteroatoms. The maximum Gasteiger partial charge on any atom is 0.146 e. The molecule has 0 aliphatic heterocycles. The van der Waals surface area contributed by atoms with E-state index in [1.165, 1.54) is 6.07 Å². The summed E-state index contributed by atoms with van der Waals surface area (Å²) in [5.74, 6) is -0.236.